The molecule has 4 heteroatoms. The SMILES string of the molecule is CSc1cc(CBr)c(I)c2sccc12. The van der Waals surface area contributed by atoms with Gasteiger partial charge in [-0.05, 0) is 51.9 Å². The van der Waals surface area contributed by atoms with Crippen molar-refractivity contribution >= 4 is 71.7 Å². The Balaban J connectivity index is 2.80. The Morgan fingerprint density at radius 1 is 1.57 bits per heavy atom. The maximum Gasteiger partial charge on any atom is 0.0490 e. The number of hydrogen-bond donors (Lipinski definition) is 0. The van der Waals surface area contributed by atoms with E-state index < -0.39 is 0 Å². The van der Waals surface area contributed by atoms with Crippen LogP contribution in [0, 0.1) is 3.57 Å². The molecule has 1 aromatic heterocycles. The van der Waals surface area contributed by atoms with Crippen molar-refractivity contribution in [3.63, 3.8) is 0 Å². The van der Waals surface area contributed by atoms with E-state index >= 15 is 0 Å². The number of alkyl halides is 1. The zero-order valence-corrected chi connectivity index (χ0v) is 12.9. The Kier molecular flexibility index (Phi) is 3.79. The molecular formula is C10H8BrIS2. The maximum absolute atomic E-state index is 3.54. The molecule has 0 aliphatic heterocycles. The summed E-state index contributed by atoms with van der Waals surface area (Å²) in [4.78, 5) is 1.39. The van der Waals surface area contributed by atoms with Crippen LogP contribution in [0.4, 0.5) is 0 Å². The number of hydrogen-bond acceptors (Lipinski definition) is 2. The largest absolute Gasteiger partial charge is 0.143 e. The molecule has 2 aromatic rings. The third-order valence-electron chi connectivity index (χ3n) is 2.08. The van der Waals surface area contributed by atoms with E-state index in [1.807, 2.05) is 23.1 Å². The van der Waals surface area contributed by atoms with Crippen LogP contribution in [0.15, 0.2) is 22.4 Å². The van der Waals surface area contributed by atoms with Crippen LogP contribution in [0.25, 0.3) is 10.1 Å². The molecule has 0 radical (unpaired) electrons. The van der Waals surface area contributed by atoms with Crippen LogP contribution >= 0.6 is 61.6 Å². The first kappa shape index (κ1) is 11.2. The van der Waals surface area contributed by atoms with Gasteiger partial charge in [0.1, 0.15) is 0 Å². The highest BCUT2D eigenvalue weighted by Gasteiger charge is 2.09. The van der Waals surface area contributed by atoms with Crippen molar-refractivity contribution in [1.82, 2.24) is 0 Å². The van der Waals surface area contributed by atoms with Gasteiger partial charge in [0.05, 0.1) is 0 Å². The minimum atomic E-state index is 0.937. The number of benzene rings is 1. The van der Waals surface area contributed by atoms with Crippen molar-refractivity contribution in [2.75, 3.05) is 6.26 Å². The van der Waals surface area contributed by atoms with Gasteiger partial charge < -0.3 is 0 Å². The van der Waals surface area contributed by atoms with Gasteiger partial charge in [-0.1, -0.05) is 15.9 Å². The lowest BCUT2D eigenvalue weighted by Gasteiger charge is -2.06. The van der Waals surface area contributed by atoms with E-state index in [0.29, 0.717) is 0 Å². The predicted molar refractivity (Wildman–Crippen MR) is 79.0 cm³/mol. The van der Waals surface area contributed by atoms with Gasteiger partial charge in [-0.2, -0.15) is 0 Å². The molecule has 0 aliphatic carbocycles. The zero-order chi connectivity index (χ0) is 10.1. The Morgan fingerprint density at radius 3 is 3.00 bits per heavy atom. The quantitative estimate of drug-likeness (QED) is 0.384. The van der Waals surface area contributed by atoms with Gasteiger partial charge in [0.15, 0.2) is 0 Å². The first-order valence-corrected chi connectivity index (χ1v) is 8.37. The summed E-state index contributed by atoms with van der Waals surface area (Å²) in [6.07, 6.45) is 2.14. The van der Waals surface area contributed by atoms with Crippen molar-refractivity contribution in [2.45, 2.75) is 10.2 Å². The topological polar surface area (TPSA) is 0 Å². The number of thioether (sulfide) groups is 1. The third-order valence-corrected chi connectivity index (χ3v) is 5.99. The third kappa shape index (κ3) is 1.86. The molecule has 14 heavy (non-hydrogen) atoms. The molecule has 0 amide bonds. The Hall–Kier alpha value is 0.740. The lowest BCUT2D eigenvalue weighted by molar-refractivity contribution is 1.38. The molecular weight excluding hydrogens is 391 g/mol. The minimum Gasteiger partial charge on any atom is -0.143 e. The molecule has 0 fully saturated rings. The molecule has 0 bridgehead atoms. The number of halogens is 2. The summed E-state index contributed by atoms with van der Waals surface area (Å²) >= 11 is 9.63. The maximum atomic E-state index is 3.54. The Morgan fingerprint density at radius 2 is 2.36 bits per heavy atom. The fourth-order valence-corrected chi connectivity index (χ4v) is 4.96. The summed E-state index contributed by atoms with van der Waals surface area (Å²) in [5.74, 6) is 0. The molecule has 0 saturated carbocycles. The van der Waals surface area contributed by atoms with Crippen LogP contribution in [-0.4, -0.2) is 6.26 Å². The van der Waals surface area contributed by atoms with Crippen molar-refractivity contribution in [3.8, 4) is 0 Å². The zero-order valence-electron chi connectivity index (χ0n) is 7.51. The molecule has 0 nitrogen and oxygen atoms in total. The molecule has 0 unspecified atom stereocenters. The normalized spacial score (nSPS) is 11.1. The molecule has 0 N–H and O–H groups in total. The van der Waals surface area contributed by atoms with E-state index in [9.17, 15) is 0 Å². The van der Waals surface area contributed by atoms with Crippen molar-refractivity contribution in [1.29, 1.82) is 0 Å². The Labute approximate surface area is 114 Å². The minimum absolute atomic E-state index is 0.937. The van der Waals surface area contributed by atoms with Crippen LogP contribution in [0.1, 0.15) is 5.56 Å². The standard InChI is InChI=1S/C10H8BrIS2/c1-13-8-4-6(5-11)9(12)10-7(8)2-3-14-10/h2-4H,5H2,1H3. The molecule has 74 valence electrons. The van der Waals surface area contributed by atoms with Crippen LogP contribution in [0.2, 0.25) is 0 Å². The molecule has 1 aromatic carbocycles. The van der Waals surface area contributed by atoms with Gasteiger partial charge in [-0.25, -0.2) is 0 Å². The number of rotatable bonds is 2. The first-order valence-electron chi connectivity index (χ1n) is 4.06. The highest BCUT2D eigenvalue weighted by molar-refractivity contribution is 14.1. The van der Waals surface area contributed by atoms with Crippen LogP contribution in [-0.2, 0) is 5.33 Å². The smallest absolute Gasteiger partial charge is 0.0490 e. The lowest BCUT2D eigenvalue weighted by atomic mass is 10.2. The van der Waals surface area contributed by atoms with Crippen LogP contribution in [0.5, 0.6) is 0 Å². The summed E-state index contributed by atoms with van der Waals surface area (Å²) < 4.78 is 2.81. The number of thiophene rings is 1. The van der Waals surface area contributed by atoms with Gasteiger partial charge in [0.2, 0.25) is 0 Å². The van der Waals surface area contributed by atoms with E-state index in [1.165, 1.54) is 24.1 Å². The summed E-state index contributed by atoms with van der Waals surface area (Å²) in [6, 6.07) is 4.50. The summed E-state index contributed by atoms with van der Waals surface area (Å²) in [5.41, 5.74) is 1.39. The molecule has 0 atom stereocenters. The van der Waals surface area contributed by atoms with Crippen LogP contribution in [0.3, 0.4) is 0 Å². The van der Waals surface area contributed by atoms with Gasteiger partial charge in [-0.15, -0.1) is 23.1 Å². The fraction of sp³-hybridized carbons (Fsp3) is 0.200. The molecule has 0 spiro atoms. The van der Waals surface area contributed by atoms with Crippen molar-refractivity contribution in [3.05, 3.63) is 26.6 Å². The van der Waals surface area contributed by atoms with E-state index in [2.05, 4.69) is 62.3 Å². The van der Waals surface area contributed by atoms with E-state index in [1.54, 1.807) is 0 Å². The summed E-state index contributed by atoms with van der Waals surface area (Å²) in [5, 5.41) is 4.51. The monoisotopic (exact) mass is 398 g/mol. The fourth-order valence-electron chi connectivity index (χ4n) is 1.38. The molecule has 0 saturated heterocycles. The van der Waals surface area contributed by atoms with Gasteiger partial charge in [0.25, 0.3) is 0 Å². The highest BCUT2D eigenvalue weighted by Crippen LogP contribution is 2.36. The highest BCUT2D eigenvalue weighted by atomic mass is 127. The van der Waals surface area contributed by atoms with Gasteiger partial charge >= 0.3 is 0 Å². The molecule has 0 aliphatic rings. The first-order chi connectivity index (χ1) is 6.77. The lowest BCUT2D eigenvalue weighted by Crippen LogP contribution is -1.86. The van der Waals surface area contributed by atoms with E-state index in [-0.39, 0.29) is 0 Å². The van der Waals surface area contributed by atoms with E-state index in [4.69, 9.17) is 0 Å². The summed E-state index contributed by atoms with van der Waals surface area (Å²) in [7, 11) is 0. The second kappa shape index (κ2) is 4.72. The second-order valence-corrected chi connectivity index (χ2v) is 6.25. The Bertz CT molecular complexity index is 464. The number of fused-ring (bicyclic) bond motifs is 1. The average Bonchev–Trinajstić information content (AvgIpc) is 2.68. The second-order valence-electron chi connectivity index (χ2n) is 2.85. The van der Waals surface area contributed by atoms with Crippen LogP contribution < -0.4 is 0 Å². The summed E-state index contributed by atoms with van der Waals surface area (Å²) in [6.45, 7) is 0. The predicted octanol–water partition coefficient (Wildman–Crippen LogP) is 5.12. The van der Waals surface area contributed by atoms with Crippen molar-refractivity contribution < 1.29 is 0 Å². The van der Waals surface area contributed by atoms with Gasteiger partial charge in [0, 0.05) is 23.9 Å². The average molecular weight is 399 g/mol. The van der Waals surface area contributed by atoms with Gasteiger partial charge in [-0.3, -0.25) is 0 Å². The van der Waals surface area contributed by atoms with Crippen molar-refractivity contribution in [2.24, 2.45) is 0 Å². The molecule has 2 rings (SSSR count). The molecule has 1 heterocycles. The van der Waals surface area contributed by atoms with E-state index in [0.717, 1.165) is 5.33 Å².